The summed E-state index contributed by atoms with van der Waals surface area (Å²) in [6.07, 6.45) is 0. The van der Waals surface area contributed by atoms with E-state index in [1.54, 1.807) is 0 Å². The van der Waals surface area contributed by atoms with Crippen LogP contribution in [-0.4, -0.2) is 0 Å². The van der Waals surface area contributed by atoms with Gasteiger partial charge in [0.25, 0.3) is 0 Å². The first kappa shape index (κ1) is 28.8. The lowest BCUT2D eigenvalue weighted by atomic mass is 9.81. The maximum Gasteiger partial charge on any atom is 0.0465 e. The molecule has 1 aliphatic rings. The third-order valence-corrected chi connectivity index (χ3v) is 9.77. The molecule has 0 fully saturated rings. The number of nitrogens with zero attached hydrogens (tertiary/aromatic N) is 1. The van der Waals surface area contributed by atoms with Crippen LogP contribution in [0.3, 0.4) is 0 Å². The Morgan fingerprint density at radius 2 is 0.766 bits per heavy atom. The number of hydrogen-bond donors (Lipinski definition) is 0. The second-order valence-corrected chi connectivity index (χ2v) is 13.1. The summed E-state index contributed by atoms with van der Waals surface area (Å²) in [4.78, 5) is 2.36. The van der Waals surface area contributed by atoms with Crippen LogP contribution in [0.15, 0.2) is 170 Å². The van der Waals surface area contributed by atoms with Crippen molar-refractivity contribution < 1.29 is 0 Å². The lowest BCUT2D eigenvalue weighted by Gasteiger charge is -2.28. The summed E-state index contributed by atoms with van der Waals surface area (Å²) in [5, 5.41) is 0. The zero-order valence-corrected chi connectivity index (χ0v) is 27.1. The molecule has 0 radical (unpaired) electrons. The molecule has 0 saturated heterocycles. The van der Waals surface area contributed by atoms with Gasteiger partial charge in [0.2, 0.25) is 0 Å². The van der Waals surface area contributed by atoms with Crippen molar-refractivity contribution in [2.45, 2.75) is 26.2 Å². The summed E-state index contributed by atoms with van der Waals surface area (Å²) in [5.74, 6) is 0. The smallest absolute Gasteiger partial charge is 0.0465 e. The molecule has 0 atom stereocenters. The Balaban J connectivity index is 1.10. The van der Waals surface area contributed by atoms with E-state index in [9.17, 15) is 0 Å². The molecule has 226 valence electrons. The first-order chi connectivity index (χ1) is 23.0. The van der Waals surface area contributed by atoms with E-state index in [4.69, 9.17) is 0 Å². The Labute approximate surface area is 278 Å². The largest absolute Gasteiger partial charge is 0.310 e. The van der Waals surface area contributed by atoms with Crippen molar-refractivity contribution >= 4 is 17.1 Å². The normalized spacial score (nSPS) is 12.7. The molecular weight excluding hydrogens is 567 g/mol. The fourth-order valence-electron chi connectivity index (χ4n) is 7.10. The number of fused-ring (bicyclic) bond motifs is 3. The number of para-hydroxylation sites is 1. The highest BCUT2D eigenvalue weighted by Crippen LogP contribution is 2.51. The van der Waals surface area contributed by atoms with Crippen molar-refractivity contribution in [3.05, 3.63) is 187 Å². The monoisotopic (exact) mass is 603 g/mol. The molecule has 0 aliphatic heterocycles. The number of benzene rings is 7. The SMILES string of the molecule is Cc1ccc(N(c2ccccc2)c2ccc3c(c2)C(C)(C)c2cc(-c4ccc(-c5ccc(-c6ccccc6)cc5)cc4)ccc2-3)cc1. The van der Waals surface area contributed by atoms with E-state index >= 15 is 0 Å². The molecule has 0 spiro atoms. The first-order valence-corrected chi connectivity index (χ1v) is 16.4. The van der Waals surface area contributed by atoms with Gasteiger partial charge in [-0.1, -0.05) is 147 Å². The zero-order chi connectivity index (χ0) is 32.0. The van der Waals surface area contributed by atoms with Crippen molar-refractivity contribution in [1.82, 2.24) is 0 Å². The van der Waals surface area contributed by atoms with Gasteiger partial charge in [0, 0.05) is 22.5 Å². The lowest BCUT2D eigenvalue weighted by molar-refractivity contribution is 0.660. The average molecular weight is 604 g/mol. The molecule has 0 N–H and O–H groups in total. The Bertz CT molecular complexity index is 2170. The molecule has 1 nitrogen and oxygen atoms in total. The minimum Gasteiger partial charge on any atom is -0.310 e. The maximum absolute atomic E-state index is 2.41. The van der Waals surface area contributed by atoms with E-state index in [0.717, 1.165) is 11.4 Å². The Kier molecular flexibility index (Phi) is 7.11. The highest BCUT2D eigenvalue weighted by molar-refractivity contribution is 5.87. The number of hydrogen-bond acceptors (Lipinski definition) is 1. The van der Waals surface area contributed by atoms with Gasteiger partial charge < -0.3 is 4.90 Å². The third-order valence-electron chi connectivity index (χ3n) is 9.77. The van der Waals surface area contributed by atoms with Gasteiger partial charge in [0.1, 0.15) is 0 Å². The van der Waals surface area contributed by atoms with Crippen molar-refractivity contribution in [1.29, 1.82) is 0 Å². The molecule has 1 heteroatoms. The molecule has 1 aliphatic carbocycles. The molecule has 7 aromatic carbocycles. The minimum atomic E-state index is -0.132. The van der Waals surface area contributed by atoms with Gasteiger partial charge in [-0.25, -0.2) is 0 Å². The van der Waals surface area contributed by atoms with E-state index in [0.29, 0.717) is 0 Å². The molecule has 0 unspecified atom stereocenters. The van der Waals surface area contributed by atoms with Gasteiger partial charge in [-0.2, -0.15) is 0 Å². The molecule has 47 heavy (non-hydrogen) atoms. The lowest BCUT2D eigenvalue weighted by Crippen LogP contribution is -2.16. The van der Waals surface area contributed by atoms with Crippen LogP contribution < -0.4 is 4.90 Å². The highest BCUT2D eigenvalue weighted by atomic mass is 15.1. The summed E-state index contributed by atoms with van der Waals surface area (Å²) < 4.78 is 0. The highest BCUT2D eigenvalue weighted by Gasteiger charge is 2.36. The molecule has 0 amide bonds. The fraction of sp³-hybridized carbons (Fsp3) is 0.0870. The van der Waals surface area contributed by atoms with Gasteiger partial charge >= 0.3 is 0 Å². The number of rotatable bonds is 6. The maximum atomic E-state index is 2.41. The van der Waals surface area contributed by atoms with Gasteiger partial charge in [0.15, 0.2) is 0 Å². The summed E-state index contributed by atoms with van der Waals surface area (Å²) in [6.45, 7) is 6.87. The molecule has 0 saturated carbocycles. The van der Waals surface area contributed by atoms with Crippen molar-refractivity contribution in [2.75, 3.05) is 4.90 Å². The second kappa shape index (κ2) is 11.6. The Hall–Kier alpha value is -5.66. The molecule has 0 bridgehead atoms. The van der Waals surface area contributed by atoms with Crippen LogP contribution in [0.5, 0.6) is 0 Å². The predicted octanol–water partition coefficient (Wildman–Crippen LogP) is 12.8. The number of aryl methyl sites for hydroxylation is 1. The Morgan fingerprint density at radius 3 is 1.34 bits per heavy atom. The molecule has 0 heterocycles. The van der Waals surface area contributed by atoms with Crippen molar-refractivity contribution in [3.63, 3.8) is 0 Å². The molecule has 0 aromatic heterocycles. The predicted molar refractivity (Wildman–Crippen MR) is 200 cm³/mol. The van der Waals surface area contributed by atoms with Gasteiger partial charge in [-0.05, 0) is 105 Å². The molecule has 8 rings (SSSR count). The van der Waals surface area contributed by atoms with Crippen LogP contribution in [0.4, 0.5) is 17.1 Å². The summed E-state index contributed by atoms with van der Waals surface area (Å²) in [5.41, 5.74) is 17.4. The standard InChI is InChI=1S/C46H37N/c1-32-14-25-40(26-15-32)47(39-12-8-5-9-13-39)41-27-29-43-42-28-24-38(30-44(42)46(2,3)45(43)31-41)37-22-20-36(21-23-37)35-18-16-34(17-19-35)33-10-6-4-7-11-33/h4-31H,1-3H3. The quantitative estimate of drug-likeness (QED) is 0.183. The van der Waals surface area contributed by atoms with Crippen LogP contribution in [0.25, 0.3) is 44.5 Å². The van der Waals surface area contributed by atoms with E-state index in [-0.39, 0.29) is 5.41 Å². The van der Waals surface area contributed by atoms with E-state index < -0.39 is 0 Å². The average Bonchev–Trinajstić information content (AvgIpc) is 3.35. The van der Waals surface area contributed by atoms with Gasteiger partial charge in [0.05, 0.1) is 0 Å². The second-order valence-electron chi connectivity index (χ2n) is 13.1. The van der Waals surface area contributed by atoms with Crippen LogP contribution in [0.1, 0.15) is 30.5 Å². The molecule has 7 aromatic rings. The first-order valence-electron chi connectivity index (χ1n) is 16.4. The minimum absolute atomic E-state index is 0.132. The summed E-state index contributed by atoms with van der Waals surface area (Å²) >= 11 is 0. The Morgan fingerprint density at radius 1 is 0.362 bits per heavy atom. The van der Waals surface area contributed by atoms with Crippen LogP contribution in [0.2, 0.25) is 0 Å². The third kappa shape index (κ3) is 5.24. The number of anilines is 3. The van der Waals surface area contributed by atoms with E-state index in [1.165, 1.54) is 66.9 Å². The van der Waals surface area contributed by atoms with E-state index in [1.807, 2.05) is 0 Å². The van der Waals surface area contributed by atoms with Gasteiger partial charge in [-0.3, -0.25) is 0 Å². The fourth-order valence-corrected chi connectivity index (χ4v) is 7.10. The van der Waals surface area contributed by atoms with Crippen LogP contribution in [-0.2, 0) is 5.41 Å². The topological polar surface area (TPSA) is 3.24 Å². The van der Waals surface area contributed by atoms with Crippen LogP contribution >= 0.6 is 0 Å². The van der Waals surface area contributed by atoms with Crippen molar-refractivity contribution in [3.8, 4) is 44.5 Å². The summed E-state index contributed by atoms with van der Waals surface area (Å²) in [6, 6.07) is 61.9. The summed E-state index contributed by atoms with van der Waals surface area (Å²) in [7, 11) is 0. The van der Waals surface area contributed by atoms with E-state index in [2.05, 4.69) is 196 Å². The van der Waals surface area contributed by atoms with Crippen LogP contribution in [0, 0.1) is 6.92 Å². The van der Waals surface area contributed by atoms with Gasteiger partial charge in [-0.15, -0.1) is 0 Å². The van der Waals surface area contributed by atoms with Crippen molar-refractivity contribution in [2.24, 2.45) is 0 Å². The molecular formula is C46H37N. The zero-order valence-electron chi connectivity index (χ0n) is 27.1.